The minimum Gasteiger partial charge on any atom is -0.354 e. The maximum atomic E-state index is 14.0. The highest BCUT2D eigenvalue weighted by molar-refractivity contribution is 5.89. The van der Waals surface area contributed by atoms with E-state index in [1.165, 1.54) is 10.8 Å². The van der Waals surface area contributed by atoms with Crippen molar-refractivity contribution in [3.63, 3.8) is 0 Å². The molecular formula is C34H38N2O2. The molecule has 4 aromatic carbocycles. The molecule has 0 aromatic heterocycles. The summed E-state index contributed by atoms with van der Waals surface area (Å²) < 4.78 is 0. The van der Waals surface area contributed by atoms with E-state index in [9.17, 15) is 9.59 Å². The molecule has 0 spiro atoms. The van der Waals surface area contributed by atoms with E-state index in [0.29, 0.717) is 38.3 Å². The van der Waals surface area contributed by atoms with Gasteiger partial charge in [0.1, 0.15) is 6.04 Å². The second kappa shape index (κ2) is 13.0. The van der Waals surface area contributed by atoms with Gasteiger partial charge in [0.15, 0.2) is 0 Å². The number of carbonyl (C=O) groups is 2. The van der Waals surface area contributed by atoms with Gasteiger partial charge in [-0.1, -0.05) is 116 Å². The summed E-state index contributed by atoms with van der Waals surface area (Å²) >= 11 is 0. The van der Waals surface area contributed by atoms with Crippen molar-refractivity contribution in [2.24, 2.45) is 5.92 Å². The Kier molecular flexibility index (Phi) is 9.31. The number of carbonyl (C=O) groups excluding carboxylic acids is 2. The molecule has 0 aliphatic heterocycles. The van der Waals surface area contributed by atoms with E-state index >= 15 is 0 Å². The Hall–Kier alpha value is -3.92. The summed E-state index contributed by atoms with van der Waals surface area (Å²) in [6.45, 7) is 7.17. The zero-order chi connectivity index (χ0) is 26.9. The third-order valence-corrected chi connectivity index (χ3v) is 6.88. The number of rotatable bonds is 11. The highest BCUT2D eigenvalue weighted by Crippen LogP contribution is 2.22. The molecule has 0 radical (unpaired) electrons. The van der Waals surface area contributed by atoms with Crippen LogP contribution in [0.1, 0.15) is 42.5 Å². The van der Waals surface area contributed by atoms with Crippen molar-refractivity contribution >= 4 is 22.6 Å². The maximum absolute atomic E-state index is 14.0. The van der Waals surface area contributed by atoms with Gasteiger partial charge in [0.25, 0.3) is 0 Å². The van der Waals surface area contributed by atoms with Gasteiger partial charge in [-0.05, 0) is 46.7 Å². The first kappa shape index (κ1) is 27.1. The lowest BCUT2D eigenvalue weighted by Gasteiger charge is -2.32. The molecule has 1 unspecified atom stereocenters. The third-order valence-electron chi connectivity index (χ3n) is 6.88. The van der Waals surface area contributed by atoms with Crippen molar-refractivity contribution in [3.05, 3.63) is 119 Å². The van der Waals surface area contributed by atoms with Gasteiger partial charge < -0.3 is 10.2 Å². The van der Waals surface area contributed by atoms with E-state index in [1.807, 2.05) is 73.7 Å². The fourth-order valence-electron chi connectivity index (χ4n) is 4.88. The molecule has 0 bridgehead atoms. The van der Waals surface area contributed by atoms with Crippen LogP contribution in [-0.4, -0.2) is 29.3 Å². The van der Waals surface area contributed by atoms with E-state index in [2.05, 4.69) is 49.5 Å². The van der Waals surface area contributed by atoms with Crippen molar-refractivity contribution in [1.29, 1.82) is 0 Å². The molecule has 0 heterocycles. The average Bonchev–Trinajstić information content (AvgIpc) is 2.93. The molecule has 196 valence electrons. The zero-order valence-electron chi connectivity index (χ0n) is 22.7. The summed E-state index contributed by atoms with van der Waals surface area (Å²) in [7, 11) is 0. The molecule has 1 atom stereocenters. The summed E-state index contributed by atoms with van der Waals surface area (Å²) in [6, 6.07) is 32.1. The standard InChI is InChI=1S/C34H38N2O2/c1-25(2)23-35-34(38)32(22-27-12-5-4-6-13-27)36(24-28-14-9-11-26(3)21-28)33(37)20-19-30-17-10-16-29-15-7-8-18-31(29)30/h4-18,21,25,32H,19-20,22-24H2,1-3H3,(H,35,38). The van der Waals surface area contributed by atoms with Crippen LogP contribution in [0.25, 0.3) is 10.8 Å². The Morgan fingerprint density at radius 1 is 0.816 bits per heavy atom. The van der Waals surface area contributed by atoms with Crippen LogP contribution < -0.4 is 5.32 Å². The van der Waals surface area contributed by atoms with Gasteiger partial charge in [-0.25, -0.2) is 0 Å². The van der Waals surface area contributed by atoms with Gasteiger partial charge in [-0.15, -0.1) is 0 Å². The van der Waals surface area contributed by atoms with Crippen molar-refractivity contribution in [2.45, 2.75) is 52.6 Å². The molecule has 0 aliphatic rings. The number of benzene rings is 4. The Balaban J connectivity index is 1.64. The Bertz CT molecular complexity index is 1360. The number of hydrogen-bond donors (Lipinski definition) is 1. The number of hydrogen-bond acceptors (Lipinski definition) is 2. The molecule has 0 aliphatic carbocycles. The lowest BCUT2D eigenvalue weighted by atomic mass is 9.99. The summed E-state index contributed by atoms with van der Waals surface area (Å²) in [5.74, 6) is 0.206. The van der Waals surface area contributed by atoms with Crippen LogP contribution in [0.4, 0.5) is 0 Å². The van der Waals surface area contributed by atoms with E-state index in [0.717, 1.165) is 22.3 Å². The molecule has 4 rings (SSSR count). The summed E-state index contributed by atoms with van der Waals surface area (Å²) in [5, 5.41) is 5.44. The first-order chi connectivity index (χ1) is 18.4. The Morgan fingerprint density at radius 2 is 1.50 bits per heavy atom. The van der Waals surface area contributed by atoms with Crippen LogP contribution in [0.15, 0.2) is 97.1 Å². The summed E-state index contributed by atoms with van der Waals surface area (Å²) in [4.78, 5) is 29.4. The van der Waals surface area contributed by atoms with Crippen LogP contribution in [0.3, 0.4) is 0 Å². The quantitative estimate of drug-likeness (QED) is 0.253. The van der Waals surface area contributed by atoms with Crippen LogP contribution in [-0.2, 0) is 29.0 Å². The minimum atomic E-state index is -0.600. The van der Waals surface area contributed by atoms with Gasteiger partial charge in [0.05, 0.1) is 0 Å². The lowest BCUT2D eigenvalue weighted by Crippen LogP contribution is -2.51. The monoisotopic (exact) mass is 506 g/mol. The summed E-state index contributed by atoms with van der Waals surface area (Å²) in [6.07, 6.45) is 1.43. The van der Waals surface area contributed by atoms with E-state index < -0.39 is 6.04 Å². The number of nitrogens with zero attached hydrogens (tertiary/aromatic N) is 1. The predicted molar refractivity (Wildman–Crippen MR) is 156 cm³/mol. The van der Waals surface area contributed by atoms with Gasteiger partial charge in [-0.3, -0.25) is 9.59 Å². The number of amides is 2. The van der Waals surface area contributed by atoms with Gasteiger partial charge in [-0.2, -0.15) is 0 Å². The number of fused-ring (bicyclic) bond motifs is 1. The average molecular weight is 507 g/mol. The number of aryl methyl sites for hydroxylation is 2. The van der Waals surface area contributed by atoms with Crippen molar-refractivity contribution < 1.29 is 9.59 Å². The molecular weight excluding hydrogens is 468 g/mol. The Labute approximate surface area is 226 Å². The SMILES string of the molecule is Cc1cccc(CN(C(=O)CCc2cccc3ccccc23)C(Cc2ccccc2)C(=O)NCC(C)C)c1. The first-order valence-corrected chi connectivity index (χ1v) is 13.5. The lowest BCUT2D eigenvalue weighted by molar-refractivity contribution is -0.141. The fraction of sp³-hybridized carbons (Fsp3) is 0.294. The smallest absolute Gasteiger partial charge is 0.243 e. The summed E-state index contributed by atoms with van der Waals surface area (Å²) in [5.41, 5.74) is 4.34. The van der Waals surface area contributed by atoms with Crippen LogP contribution >= 0.6 is 0 Å². The zero-order valence-corrected chi connectivity index (χ0v) is 22.7. The second-order valence-corrected chi connectivity index (χ2v) is 10.5. The van der Waals surface area contributed by atoms with E-state index in [-0.39, 0.29) is 11.8 Å². The van der Waals surface area contributed by atoms with Gasteiger partial charge in [0.2, 0.25) is 11.8 Å². The van der Waals surface area contributed by atoms with Gasteiger partial charge in [0, 0.05) is 25.9 Å². The van der Waals surface area contributed by atoms with Crippen molar-refractivity contribution in [2.75, 3.05) is 6.54 Å². The molecule has 0 fully saturated rings. The van der Waals surface area contributed by atoms with Gasteiger partial charge >= 0.3 is 0 Å². The van der Waals surface area contributed by atoms with Crippen molar-refractivity contribution in [3.8, 4) is 0 Å². The highest BCUT2D eigenvalue weighted by atomic mass is 16.2. The molecule has 0 saturated carbocycles. The third kappa shape index (κ3) is 7.32. The molecule has 1 N–H and O–H groups in total. The molecule has 0 saturated heterocycles. The van der Waals surface area contributed by atoms with Crippen LogP contribution in [0.2, 0.25) is 0 Å². The molecule has 2 amide bonds. The molecule has 4 heteroatoms. The van der Waals surface area contributed by atoms with E-state index in [1.54, 1.807) is 4.90 Å². The normalized spacial score (nSPS) is 11.9. The molecule has 4 aromatic rings. The fourth-order valence-corrected chi connectivity index (χ4v) is 4.88. The van der Waals surface area contributed by atoms with Crippen LogP contribution in [0, 0.1) is 12.8 Å². The van der Waals surface area contributed by atoms with Crippen LogP contribution in [0.5, 0.6) is 0 Å². The highest BCUT2D eigenvalue weighted by Gasteiger charge is 2.30. The predicted octanol–water partition coefficient (Wildman–Crippen LogP) is 6.49. The largest absolute Gasteiger partial charge is 0.354 e. The first-order valence-electron chi connectivity index (χ1n) is 13.5. The molecule has 38 heavy (non-hydrogen) atoms. The molecule has 4 nitrogen and oxygen atoms in total. The second-order valence-electron chi connectivity index (χ2n) is 10.5. The Morgan fingerprint density at radius 3 is 2.26 bits per heavy atom. The topological polar surface area (TPSA) is 49.4 Å². The number of nitrogens with one attached hydrogen (secondary N) is 1. The van der Waals surface area contributed by atoms with Crippen molar-refractivity contribution in [1.82, 2.24) is 10.2 Å². The van der Waals surface area contributed by atoms with E-state index in [4.69, 9.17) is 0 Å². The maximum Gasteiger partial charge on any atom is 0.243 e. The minimum absolute atomic E-state index is 0.0138.